The van der Waals surface area contributed by atoms with Crippen LogP contribution >= 0.6 is 0 Å². The first-order chi connectivity index (χ1) is 7.72. The number of aliphatic hydroxyl groups is 1. The van der Waals surface area contributed by atoms with Crippen LogP contribution in [0.15, 0.2) is 30.3 Å². The van der Waals surface area contributed by atoms with Crippen LogP contribution in [0.3, 0.4) is 0 Å². The molecule has 1 atom stereocenters. The van der Waals surface area contributed by atoms with Crippen LogP contribution in [0.4, 0.5) is 0 Å². The first kappa shape index (κ1) is 12.7. The molecule has 0 aliphatic heterocycles. The zero-order chi connectivity index (χ0) is 11.8. The van der Waals surface area contributed by atoms with E-state index < -0.39 is 12.1 Å². The van der Waals surface area contributed by atoms with E-state index in [1.54, 1.807) is 0 Å². The van der Waals surface area contributed by atoms with Crippen LogP contribution in [-0.4, -0.2) is 30.9 Å². The number of carbonyl (C=O) groups is 1. The van der Waals surface area contributed by atoms with E-state index in [-0.39, 0.29) is 13.0 Å². The lowest BCUT2D eigenvalue weighted by molar-refractivity contribution is -0.143. The molecule has 0 aliphatic rings. The van der Waals surface area contributed by atoms with E-state index in [1.807, 2.05) is 30.3 Å². The lowest BCUT2D eigenvalue weighted by atomic mass is 10.2. The van der Waals surface area contributed by atoms with E-state index in [0.717, 1.165) is 5.56 Å². The molecule has 16 heavy (non-hydrogen) atoms. The Morgan fingerprint density at radius 2 is 2.06 bits per heavy atom. The van der Waals surface area contributed by atoms with Gasteiger partial charge in [-0.3, -0.25) is 4.79 Å². The fourth-order valence-electron chi connectivity index (χ4n) is 1.22. The lowest BCUT2D eigenvalue weighted by Gasteiger charge is -2.09. The van der Waals surface area contributed by atoms with Gasteiger partial charge >= 0.3 is 5.97 Å². The molecule has 1 rings (SSSR count). The number of methoxy groups -OCH3 is 1. The molecular formula is C12H16O4. The highest BCUT2D eigenvalue weighted by molar-refractivity contribution is 5.69. The average Bonchev–Trinajstić information content (AvgIpc) is 2.30. The van der Waals surface area contributed by atoms with Gasteiger partial charge in [-0.2, -0.15) is 0 Å². The van der Waals surface area contributed by atoms with Crippen molar-refractivity contribution in [2.75, 3.05) is 13.7 Å². The maximum atomic E-state index is 10.8. The summed E-state index contributed by atoms with van der Waals surface area (Å²) in [4.78, 5) is 10.8. The summed E-state index contributed by atoms with van der Waals surface area (Å²) < 4.78 is 9.70. The van der Waals surface area contributed by atoms with Crippen molar-refractivity contribution in [3.63, 3.8) is 0 Å². The Morgan fingerprint density at radius 1 is 1.38 bits per heavy atom. The zero-order valence-corrected chi connectivity index (χ0v) is 9.26. The van der Waals surface area contributed by atoms with Crippen molar-refractivity contribution in [3.05, 3.63) is 35.9 Å². The molecule has 1 aromatic carbocycles. The van der Waals surface area contributed by atoms with Gasteiger partial charge in [-0.1, -0.05) is 30.3 Å². The van der Waals surface area contributed by atoms with Gasteiger partial charge in [0.25, 0.3) is 0 Å². The highest BCUT2D eigenvalue weighted by Gasteiger charge is 2.10. The van der Waals surface area contributed by atoms with Crippen molar-refractivity contribution in [2.45, 2.75) is 19.1 Å². The summed E-state index contributed by atoms with van der Waals surface area (Å²) in [5.41, 5.74) is 1.03. The first-order valence-corrected chi connectivity index (χ1v) is 5.09. The Hall–Kier alpha value is -1.39. The van der Waals surface area contributed by atoms with Crippen molar-refractivity contribution in [2.24, 2.45) is 0 Å². The predicted octanol–water partition coefficient (Wildman–Crippen LogP) is 1.13. The Labute approximate surface area is 94.8 Å². The normalized spacial score (nSPS) is 12.1. The molecule has 1 aromatic rings. The second-order valence-corrected chi connectivity index (χ2v) is 3.43. The number of ether oxygens (including phenoxy) is 2. The van der Waals surface area contributed by atoms with Crippen LogP contribution < -0.4 is 0 Å². The number of carbonyl (C=O) groups excluding carboxylic acids is 1. The quantitative estimate of drug-likeness (QED) is 0.736. The lowest BCUT2D eigenvalue weighted by Crippen LogP contribution is -2.20. The molecule has 0 bridgehead atoms. The van der Waals surface area contributed by atoms with E-state index in [9.17, 15) is 9.90 Å². The minimum atomic E-state index is -0.809. The van der Waals surface area contributed by atoms with Gasteiger partial charge in [0.1, 0.15) is 0 Å². The van der Waals surface area contributed by atoms with Crippen LogP contribution in [-0.2, 0) is 20.9 Å². The van der Waals surface area contributed by atoms with Gasteiger partial charge in [0, 0.05) is 0 Å². The van der Waals surface area contributed by atoms with Gasteiger partial charge in [0.15, 0.2) is 0 Å². The summed E-state index contributed by atoms with van der Waals surface area (Å²) in [6.07, 6.45) is -0.846. The maximum absolute atomic E-state index is 10.8. The van der Waals surface area contributed by atoms with E-state index in [4.69, 9.17) is 4.74 Å². The largest absolute Gasteiger partial charge is 0.469 e. The van der Waals surface area contributed by atoms with E-state index >= 15 is 0 Å². The summed E-state index contributed by atoms with van der Waals surface area (Å²) in [6.45, 7) is 0.559. The van der Waals surface area contributed by atoms with Crippen molar-refractivity contribution in [1.29, 1.82) is 0 Å². The van der Waals surface area contributed by atoms with Crippen molar-refractivity contribution >= 4 is 5.97 Å². The molecular weight excluding hydrogens is 208 g/mol. The Kier molecular flexibility index (Phi) is 5.53. The molecule has 1 N–H and O–H groups in total. The Balaban J connectivity index is 2.18. The Bertz CT molecular complexity index is 310. The molecule has 0 amide bonds. The number of hydrogen-bond acceptors (Lipinski definition) is 4. The number of hydrogen-bond donors (Lipinski definition) is 1. The minimum Gasteiger partial charge on any atom is -0.469 e. The summed E-state index contributed by atoms with van der Waals surface area (Å²) in [6, 6.07) is 9.64. The molecule has 1 unspecified atom stereocenters. The minimum absolute atomic E-state index is 0.0364. The molecule has 0 radical (unpaired) electrons. The molecule has 0 aromatic heterocycles. The van der Waals surface area contributed by atoms with Crippen molar-refractivity contribution in [1.82, 2.24) is 0 Å². The van der Waals surface area contributed by atoms with Gasteiger partial charge in [-0.15, -0.1) is 0 Å². The second kappa shape index (κ2) is 6.98. The van der Waals surface area contributed by atoms with Gasteiger partial charge in [-0.05, 0) is 5.56 Å². The summed E-state index contributed by atoms with van der Waals surface area (Å²) >= 11 is 0. The molecule has 4 heteroatoms. The molecule has 0 saturated carbocycles. The van der Waals surface area contributed by atoms with Crippen LogP contribution in [0, 0.1) is 0 Å². The zero-order valence-electron chi connectivity index (χ0n) is 9.26. The average molecular weight is 224 g/mol. The summed E-state index contributed by atoms with van der Waals surface area (Å²) in [5, 5.41) is 9.40. The van der Waals surface area contributed by atoms with Gasteiger partial charge in [0.05, 0.1) is 32.8 Å². The van der Waals surface area contributed by atoms with Gasteiger partial charge < -0.3 is 14.6 Å². The molecule has 4 nitrogen and oxygen atoms in total. The second-order valence-electron chi connectivity index (χ2n) is 3.43. The third-order valence-corrected chi connectivity index (χ3v) is 2.05. The number of benzene rings is 1. The van der Waals surface area contributed by atoms with E-state index in [0.29, 0.717) is 6.61 Å². The molecule has 0 spiro atoms. The predicted molar refractivity (Wildman–Crippen MR) is 58.7 cm³/mol. The fraction of sp³-hybridized carbons (Fsp3) is 0.417. The topological polar surface area (TPSA) is 55.8 Å². The van der Waals surface area contributed by atoms with Crippen LogP contribution in [0.25, 0.3) is 0 Å². The maximum Gasteiger partial charge on any atom is 0.308 e. The molecule has 0 heterocycles. The SMILES string of the molecule is COC(=O)CC(O)COCc1ccccc1. The fourth-order valence-corrected chi connectivity index (χ4v) is 1.22. The monoisotopic (exact) mass is 224 g/mol. The van der Waals surface area contributed by atoms with Crippen LogP contribution in [0.2, 0.25) is 0 Å². The molecule has 0 aliphatic carbocycles. The third-order valence-electron chi connectivity index (χ3n) is 2.05. The smallest absolute Gasteiger partial charge is 0.308 e. The molecule has 88 valence electrons. The summed E-state index contributed by atoms with van der Waals surface area (Å²) in [7, 11) is 1.29. The van der Waals surface area contributed by atoms with Gasteiger partial charge in [0.2, 0.25) is 0 Å². The van der Waals surface area contributed by atoms with Crippen LogP contribution in [0.1, 0.15) is 12.0 Å². The molecule has 0 fully saturated rings. The van der Waals surface area contributed by atoms with Crippen molar-refractivity contribution < 1.29 is 19.4 Å². The number of rotatable bonds is 6. The first-order valence-electron chi connectivity index (χ1n) is 5.09. The standard InChI is InChI=1S/C12H16O4/c1-15-12(14)7-11(13)9-16-8-10-5-3-2-4-6-10/h2-6,11,13H,7-9H2,1H3. The number of aliphatic hydroxyl groups excluding tert-OH is 1. The van der Waals surface area contributed by atoms with Crippen LogP contribution in [0.5, 0.6) is 0 Å². The Morgan fingerprint density at radius 3 is 2.69 bits per heavy atom. The van der Waals surface area contributed by atoms with Crippen molar-refractivity contribution in [3.8, 4) is 0 Å². The van der Waals surface area contributed by atoms with Gasteiger partial charge in [-0.25, -0.2) is 0 Å². The van der Waals surface area contributed by atoms with E-state index in [1.165, 1.54) is 7.11 Å². The highest BCUT2D eigenvalue weighted by Crippen LogP contribution is 2.02. The highest BCUT2D eigenvalue weighted by atomic mass is 16.5. The summed E-state index contributed by atoms with van der Waals surface area (Å²) in [5.74, 6) is -0.434. The van der Waals surface area contributed by atoms with E-state index in [2.05, 4.69) is 4.74 Å². The molecule has 0 saturated heterocycles. The third kappa shape index (κ3) is 4.91. The number of esters is 1.